The van der Waals surface area contributed by atoms with Gasteiger partial charge in [0, 0.05) is 29.9 Å². The van der Waals surface area contributed by atoms with Gasteiger partial charge < -0.3 is 4.74 Å². The SMILES string of the molecule is CC1(C)CC(=O)C2=C(C1)Oc1ncn3nc(-c4ccccc4Cl)nc3c1[C@@H]2c1ccccc1. The fourth-order valence-electron chi connectivity index (χ4n) is 4.88. The molecule has 0 spiro atoms. The highest BCUT2D eigenvalue weighted by Gasteiger charge is 2.43. The summed E-state index contributed by atoms with van der Waals surface area (Å²) in [5, 5.41) is 5.20. The monoisotopic (exact) mass is 456 g/mol. The Bertz CT molecular complexity index is 1460. The second-order valence-corrected chi connectivity index (χ2v) is 9.78. The topological polar surface area (TPSA) is 69.4 Å². The summed E-state index contributed by atoms with van der Waals surface area (Å²) in [5.74, 6) is 1.46. The smallest absolute Gasteiger partial charge is 0.228 e. The first-order valence-corrected chi connectivity index (χ1v) is 11.3. The third-order valence-corrected chi connectivity index (χ3v) is 6.64. The molecule has 164 valence electrons. The molecule has 1 aliphatic heterocycles. The normalized spacial score (nSPS) is 19.2. The average Bonchev–Trinajstić information content (AvgIpc) is 3.22. The van der Waals surface area contributed by atoms with Gasteiger partial charge in [0.25, 0.3) is 0 Å². The van der Waals surface area contributed by atoms with E-state index in [1.54, 1.807) is 10.8 Å². The highest BCUT2D eigenvalue weighted by Crippen LogP contribution is 2.50. The second-order valence-electron chi connectivity index (χ2n) is 9.37. The number of aromatic nitrogens is 4. The number of hydrogen-bond donors (Lipinski definition) is 0. The van der Waals surface area contributed by atoms with Crippen molar-refractivity contribution in [2.75, 3.05) is 0 Å². The molecule has 0 saturated heterocycles. The van der Waals surface area contributed by atoms with Crippen LogP contribution in [0.5, 0.6) is 5.88 Å². The third kappa shape index (κ3) is 3.25. The summed E-state index contributed by atoms with van der Waals surface area (Å²) in [7, 11) is 0. The van der Waals surface area contributed by atoms with Crippen LogP contribution in [0.25, 0.3) is 17.0 Å². The molecule has 6 nitrogen and oxygen atoms in total. The molecule has 6 rings (SSSR count). The van der Waals surface area contributed by atoms with Gasteiger partial charge in [-0.25, -0.2) is 14.5 Å². The minimum atomic E-state index is -0.326. The molecular weight excluding hydrogens is 436 g/mol. The summed E-state index contributed by atoms with van der Waals surface area (Å²) in [6, 6.07) is 17.5. The first-order chi connectivity index (χ1) is 15.9. The number of allylic oxidation sites excluding steroid dienone is 2. The van der Waals surface area contributed by atoms with Gasteiger partial charge in [-0.2, -0.15) is 0 Å². The van der Waals surface area contributed by atoms with Gasteiger partial charge in [-0.05, 0) is 23.1 Å². The second kappa shape index (κ2) is 7.25. The van der Waals surface area contributed by atoms with Crippen LogP contribution in [0.1, 0.15) is 43.7 Å². The molecule has 0 N–H and O–H groups in total. The lowest BCUT2D eigenvalue weighted by Crippen LogP contribution is -2.33. The first-order valence-electron chi connectivity index (χ1n) is 10.9. The Morgan fingerprint density at radius 3 is 2.61 bits per heavy atom. The number of rotatable bonds is 2. The first kappa shape index (κ1) is 20.1. The molecule has 0 radical (unpaired) electrons. The van der Waals surface area contributed by atoms with E-state index in [9.17, 15) is 4.79 Å². The van der Waals surface area contributed by atoms with E-state index in [0.29, 0.717) is 46.5 Å². The lowest BCUT2D eigenvalue weighted by Gasteiger charge is -2.37. The minimum absolute atomic E-state index is 0.105. The molecular formula is C26H21ClN4O2. The molecule has 0 fully saturated rings. The lowest BCUT2D eigenvalue weighted by molar-refractivity contribution is -0.118. The molecule has 7 heteroatoms. The van der Waals surface area contributed by atoms with E-state index in [-0.39, 0.29) is 17.1 Å². The summed E-state index contributed by atoms with van der Waals surface area (Å²) < 4.78 is 7.92. The lowest BCUT2D eigenvalue weighted by atomic mass is 9.70. The fraction of sp³-hybridized carbons (Fsp3) is 0.231. The summed E-state index contributed by atoms with van der Waals surface area (Å²) in [4.78, 5) is 22.8. The Balaban J connectivity index is 1.61. The van der Waals surface area contributed by atoms with Crippen molar-refractivity contribution in [1.29, 1.82) is 0 Å². The van der Waals surface area contributed by atoms with Crippen LogP contribution in [0.15, 0.2) is 72.3 Å². The Hall–Kier alpha value is -3.51. The van der Waals surface area contributed by atoms with Gasteiger partial charge in [-0.1, -0.05) is 67.9 Å². The van der Waals surface area contributed by atoms with Crippen LogP contribution in [-0.2, 0) is 4.79 Å². The number of hydrogen-bond acceptors (Lipinski definition) is 5. The maximum Gasteiger partial charge on any atom is 0.228 e. The summed E-state index contributed by atoms with van der Waals surface area (Å²) >= 11 is 6.41. The number of nitrogens with zero attached hydrogens (tertiary/aromatic N) is 4. The number of halogens is 1. The van der Waals surface area contributed by atoms with Gasteiger partial charge in [0.15, 0.2) is 17.3 Å². The van der Waals surface area contributed by atoms with Crippen LogP contribution in [0, 0.1) is 5.41 Å². The van der Waals surface area contributed by atoms with Crippen LogP contribution < -0.4 is 4.74 Å². The fourth-order valence-corrected chi connectivity index (χ4v) is 5.10. The van der Waals surface area contributed by atoms with Crippen molar-refractivity contribution >= 4 is 23.0 Å². The maximum atomic E-state index is 13.4. The zero-order valence-corrected chi connectivity index (χ0v) is 19.0. The largest absolute Gasteiger partial charge is 0.442 e. The van der Waals surface area contributed by atoms with Crippen LogP contribution >= 0.6 is 11.6 Å². The van der Waals surface area contributed by atoms with E-state index < -0.39 is 0 Å². The van der Waals surface area contributed by atoms with Gasteiger partial charge in [0.1, 0.15) is 12.1 Å². The molecule has 1 atom stereocenters. The Morgan fingerprint density at radius 1 is 1.06 bits per heavy atom. The summed E-state index contributed by atoms with van der Waals surface area (Å²) in [6.07, 6.45) is 2.76. The average molecular weight is 457 g/mol. The summed E-state index contributed by atoms with van der Waals surface area (Å²) in [5.41, 5.74) is 3.63. The van der Waals surface area contributed by atoms with Crippen molar-refractivity contribution < 1.29 is 9.53 Å². The predicted molar refractivity (Wildman–Crippen MR) is 125 cm³/mol. The van der Waals surface area contributed by atoms with Crippen molar-refractivity contribution in [1.82, 2.24) is 19.6 Å². The highest BCUT2D eigenvalue weighted by atomic mass is 35.5. The number of carbonyl (C=O) groups is 1. The van der Waals surface area contributed by atoms with E-state index in [0.717, 1.165) is 16.7 Å². The Labute approximate surface area is 195 Å². The van der Waals surface area contributed by atoms with Crippen LogP contribution in [0.3, 0.4) is 0 Å². The van der Waals surface area contributed by atoms with Gasteiger partial charge in [0.05, 0.1) is 10.6 Å². The number of Topliss-reactive ketones (excluding diaryl/α,β-unsaturated/α-hetero) is 1. The third-order valence-electron chi connectivity index (χ3n) is 6.31. The van der Waals surface area contributed by atoms with Crippen LogP contribution in [0.2, 0.25) is 5.02 Å². The highest BCUT2D eigenvalue weighted by molar-refractivity contribution is 6.33. The quantitative estimate of drug-likeness (QED) is 0.392. The maximum absolute atomic E-state index is 13.4. The van der Waals surface area contributed by atoms with Gasteiger partial charge in [-0.3, -0.25) is 4.79 Å². The van der Waals surface area contributed by atoms with Crippen molar-refractivity contribution in [2.24, 2.45) is 5.41 Å². The molecule has 0 unspecified atom stereocenters. The van der Waals surface area contributed by atoms with E-state index in [4.69, 9.17) is 21.3 Å². The Kier molecular flexibility index (Phi) is 4.42. The molecule has 3 heterocycles. The van der Waals surface area contributed by atoms with Crippen molar-refractivity contribution in [3.8, 4) is 17.3 Å². The minimum Gasteiger partial charge on any atom is -0.442 e. The number of fused-ring (bicyclic) bond motifs is 3. The molecule has 2 aromatic carbocycles. The number of ether oxygens (including phenoxy) is 1. The van der Waals surface area contributed by atoms with Crippen molar-refractivity contribution in [2.45, 2.75) is 32.6 Å². The van der Waals surface area contributed by atoms with E-state index in [2.05, 4.69) is 23.9 Å². The zero-order valence-electron chi connectivity index (χ0n) is 18.2. The molecule has 4 aromatic rings. The summed E-state index contributed by atoms with van der Waals surface area (Å²) in [6.45, 7) is 4.19. The van der Waals surface area contributed by atoms with Gasteiger partial charge in [0.2, 0.25) is 5.88 Å². The number of carbonyl (C=O) groups excluding carboxylic acids is 1. The molecule has 0 bridgehead atoms. The van der Waals surface area contributed by atoms with Crippen molar-refractivity contribution in [3.05, 3.63) is 88.4 Å². The zero-order chi connectivity index (χ0) is 22.7. The number of benzene rings is 2. The van der Waals surface area contributed by atoms with E-state index in [1.165, 1.54) is 0 Å². The predicted octanol–water partition coefficient (Wildman–Crippen LogP) is 5.61. The Morgan fingerprint density at radius 2 is 1.82 bits per heavy atom. The van der Waals surface area contributed by atoms with Crippen molar-refractivity contribution in [3.63, 3.8) is 0 Å². The number of ketones is 1. The molecule has 1 aliphatic carbocycles. The molecule has 33 heavy (non-hydrogen) atoms. The van der Waals surface area contributed by atoms with E-state index >= 15 is 0 Å². The van der Waals surface area contributed by atoms with Gasteiger partial charge >= 0.3 is 0 Å². The van der Waals surface area contributed by atoms with Crippen LogP contribution in [-0.4, -0.2) is 25.4 Å². The standard InChI is InChI=1S/C26H21ClN4O2/c1-26(2)12-18(32)21-19(13-26)33-25-22(20(21)15-8-4-3-5-9-15)24-29-23(30-31(24)14-28-25)16-10-6-7-11-17(16)27/h3-11,14,20H,12-13H2,1-2H3/t20-/m1/s1. The molecule has 2 aliphatic rings. The van der Waals surface area contributed by atoms with Crippen LogP contribution in [0.4, 0.5) is 0 Å². The van der Waals surface area contributed by atoms with Gasteiger partial charge in [-0.15, -0.1) is 5.10 Å². The molecule has 0 saturated carbocycles. The molecule has 2 aromatic heterocycles. The molecule has 0 amide bonds. The van der Waals surface area contributed by atoms with E-state index in [1.807, 2.05) is 54.6 Å².